The first-order valence-corrected chi connectivity index (χ1v) is 6.60. The van der Waals surface area contributed by atoms with E-state index in [2.05, 4.69) is 15.9 Å². The zero-order chi connectivity index (χ0) is 12.9. The fourth-order valence-corrected chi connectivity index (χ4v) is 1.73. The van der Waals surface area contributed by atoms with Crippen molar-refractivity contribution in [2.75, 3.05) is 6.61 Å². The molecule has 0 N–H and O–H groups in total. The van der Waals surface area contributed by atoms with Crippen molar-refractivity contribution in [1.29, 1.82) is 0 Å². The molecular formula is C14H19BrO2. The summed E-state index contributed by atoms with van der Waals surface area (Å²) in [5.74, 6) is 1.12. The maximum atomic E-state index is 11.7. The van der Waals surface area contributed by atoms with Crippen LogP contribution in [0.1, 0.15) is 33.6 Å². The molecule has 0 amide bonds. The lowest BCUT2D eigenvalue weighted by Gasteiger charge is -2.16. The summed E-state index contributed by atoms with van der Waals surface area (Å²) in [4.78, 5) is 11.7. The van der Waals surface area contributed by atoms with Gasteiger partial charge >= 0.3 is 0 Å². The SMILES string of the molecule is CC(C)(C)C(=O)CCCOc1cccc(Br)c1. The third kappa shape index (κ3) is 5.35. The lowest BCUT2D eigenvalue weighted by Crippen LogP contribution is -2.20. The van der Waals surface area contributed by atoms with Crippen LogP contribution in [0.5, 0.6) is 5.75 Å². The summed E-state index contributed by atoms with van der Waals surface area (Å²) in [6, 6.07) is 7.72. The minimum Gasteiger partial charge on any atom is -0.494 e. The van der Waals surface area contributed by atoms with Crippen LogP contribution in [0.3, 0.4) is 0 Å². The molecule has 2 nitrogen and oxygen atoms in total. The van der Waals surface area contributed by atoms with E-state index in [1.807, 2.05) is 45.0 Å². The number of hydrogen-bond donors (Lipinski definition) is 0. The standard InChI is InChI=1S/C14H19BrO2/c1-14(2,3)13(16)8-5-9-17-12-7-4-6-11(15)10-12/h4,6-7,10H,5,8-9H2,1-3H3. The predicted molar refractivity (Wildman–Crippen MR) is 73.3 cm³/mol. The Morgan fingerprint density at radius 2 is 2.06 bits per heavy atom. The summed E-state index contributed by atoms with van der Waals surface area (Å²) < 4.78 is 6.57. The monoisotopic (exact) mass is 298 g/mol. The van der Waals surface area contributed by atoms with Crippen LogP contribution in [0.4, 0.5) is 0 Å². The van der Waals surface area contributed by atoms with Crippen molar-refractivity contribution in [3.8, 4) is 5.75 Å². The molecule has 0 spiro atoms. The number of carbonyl (C=O) groups excluding carboxylic acids is 1. The molecule has 0 bridgehead atoms. The van der Waals surface area contributed by atoms with E-state index in [4.69, 9.17) is 4.74 Å². The molecule has 0 heterocycles. The molecule has 0 saturated carbocycles. The third-order valence-electron chi connectivity index (χ3n) is 2.45. The molecule has 17 heavy (non-hydrogen) atoms. The van der Waals surface area contributed by atoms with Gasteiger partial charge in [0.2, 0.25) is 0 Å². The first-order chi connectivity index (χ1) is 7.89. The Bertz CT molecular complexity index is 380. The number of ketones is 1. The molecule has 0 unspecified atom stereocenters. The molecule has 0 atom stereocenters. The van der Waals surface area contributed by atoms with E-state index < -0.39 is 0 Å². The summed E-state index contributed by atoms with van der Waals surface area (Å²) >= 11 is 3.39. The zero-order valence-corrected chi connectivity index (χ0v) is 12.2. The number of benzene rings is 1. The van der Waals surface area contributed by atoms with Crippen LogP contribution in [0.15, 0.2) is 28.7 Å². The maximum absolute atomic E-state index is 11.7. The highest BCUT2D eigenvalue weighted by Gasteiger charge is 2.20. The van der Waals surface area contributed by atoms with Crippen LogP contribution < -0.4 is 4.74 Å². The van der Waals surface area contributed by atoms with Crippen molar-refractivity contribution in [3.05, 3.63) is 28.7 Å². The van der Waals surface area contributed by atoms with Gasteiger partial charge in [-0.2, -0.15) is 0 Å². The van der Waals surface area contributed by atoms with Gasteiger partial charge in [-0.1, -0.05) is 42.8 Å². The second-order valence-corrected chi connectivity index (χ2v) is 6.00. The molecule has 1 aromatic carbocycles. The second kappa shape index (κ2) is 6.20. The molecule has 94 valence electrons. The second-order valence-electron chi connectivity index (χ2n) is 5.08. The quantitative estimate of drug-likeness (QED) is 0.761. The Balaban J connectivity index is 2.28. The Labute approximate surface area is 111 Å². The summed E-state index contributed by atoms with van der Waals surface area (Å²) in [5.41, 5.74) is -0.240. The van der Waals surface area contributed by atoms with Gasteiger partial charge in [0.15, 0.2) is 0 Å². The van der Waals surface area contributed by atoms with Crippen LogP contribution in [0.2, 0.25) is 0 Å². The lowest BCUT2D eigenvalue weighted by atomic mass is 9.88. The summed E-state index contributed by atoms with van der Waals surface area (Å²) in [5, 5.41) is 0. The van der Waals surface area contributed by atoms with Crippen LogP contribution in [-0.4, -0.2) is 12.4 Å². The van der Waals surface area contributed by atoms with Gasteiger partial charge in [-0.05, 0) is 24.6 Å². The molecular weight excluding hydrogens is 280 g/mol. The number of rotatable bonds is 5. The molecule has 1 aromatic rings. The van der Waals surface area contributed by atoms with Gasteiger partial charge in [-0.25, -0.2) is 0 Å². The van der Waals surface area contributed by atoms with E-state index >= 15 is 0 Å². The van der Waals surface area contributed by atoms with Crippen LogP contribution in [0, 0.1) is 5.41 Å². The summed E-state index contributed by atoms with van der Waals surface area (Å²) in [6.45, 7) is 6.43. The number of carbonyl (C=O) groups is 1. The summed E-state index contributed by atoms with van der Waals surface area (Å²) in [6.07, 6.45) is 1.35. The Hall–Kier alpha value is -0.830. The first kappa shape index (κ1) is 14.2. The van der Waals surface area contributed by atoms with Crippen LogP contribution >= 0.6 is 15.9 Å². The fourth-order valence-electron chi connectivity index (χ4n) is 1.35. The van der Waals surface area contributed by atoms with Gasteiger partial charge in [0.25, 0.3) is 0 Å². The van der Waals surface area contributed by atoms with Crippen molar-refractivity contribution in [3.63, 3.8) is 0 Å². The van der Waals surface area contributed by atoms with E-state index in [0.29, 0.717) is 13.0 Å². The van der Waals surface area contributed by atoms with Crippen molar-refractivity contribution in [1.82, 2.24) is 0 Å². The van der Waals surface area contributed by atoms with Crippen molar-refractivity contribution >= 4 is 21.7 Å². The van der Waals surface area contributed by atoms with Crippen molar-refractivity contribution in [2.24, 2.45) is 5.41 Å². The first-order valence-electron chi connectivity index (χ1n) is 5.81. The van der Waals surface area contributed by atoms with Gasteiger partial charge in [-0.3, -0.25) is 4.79 Å². The minimum absolute atomic E-state index is 0.240. The third-order valence-corrected chi connectivity index (χ3v) is 2.94. The molecule has 3 heteroatoms. The van der Waals surface area contributed by atoms with E-state index in [0.717, 1.165) is 16.6 Å². The smallest absolute Gasteiger partial charge is 0.138 e. The Morgan fingerprint density at radius 3 is 2.65 bits per heavy atom. The molecule has 0 saturated heterocycles. The molecule has 0 aliphatic carbocycles. The van der Waals surface area contributed by atoms with Crippen molar-refractivity contribution in [2.45, 2.75) is 33.6 Å². The molecule has 0 aromatic heterocycles. The molecule has 0 radical (unpaired) electrons. The molecule has 1 rings (SSSR count). The number of Topliss-reactive ketones (excluding diaryl/α,β-unsaturated/α-hetero) is 1. The average Bonchev–Trinajstić information content (AvgIpc) is 2.23. The van der Waals surface area contributed by atoms with E-state index in [9.17, 15) is 4.79 Å². The number of hydrogen-bond acceptors (Lipinski definition) is 2. The highest BCUT2D eigenvalue weighted by molar-refractivity contribution is 9.10. The molecule has 0 fully saturated rings. The number of halogens is 1. The van der Waals surface area contributed by atoms with Gasteiger partial charge in [0.05, 0.1) is 6.61 Å². The van der Waals surface area contributed by atoms with E-state index in [1.54, 1.807) is 0 Å². The fraction of sp³-hybridized carbons (Fsp3) is 0.500. The highest BCUT2D eigenvalue weighted by Crippen LogP contribution is 2.19. The van der Waals surface area contributed by atoms with Crippen molar-refractivity contribution < 1.29 is 9.53 Å². The maximum Gasteiger partial charge on any atom is 0.138 e. The summed E-state index contributed by atoms with van der Waals surface area (Å²) in [7, 11) is 0. The normalized spacial score (nSPS) is 11.3. The van der Waals surface area contributed by atoms with Gasteiger partial charge < -0.3 is 4.74 Å². The minimum atomic E-state index is -0.240. The van der Waals surface area contributed by atoms with Gasteiger partial charge in [-0.15, -0.1) is 0 Å². The Kier molecular flexibility index (Phi) is 5.19. The van der Waals surface area contributed by atoms with E-state index in [1.165, 1.54) is 0 Å². The average molecular weight is 299 g/mol. The Morgan fingerprint density at radius 1 is 1.35 bits per heavy atom. The van der Waals surface area contributed by atoms with Gasteiger partial charge in [0.1, 0.15) is 11.5 Å². The largest absolute Gasteiger partial charge is 0.494 e. The van der Waals surface area contributed by atoms with Gasteiger partial charge in [0, 0.05) is 16.3 Å². The molecule has 0 aliphatic heterocycles. The van der Waals surface area contributed by atoms with Crippen LogP contribution in [-0.2, 0) is 4.79 Å². The molecule has 0 aliphatic rings. The highest BCUT2D eigenvalue weighted by atomic mass is 79.9. The topological polar surface area (TPSA) is 26.3 Å². The predicted octanol–water partition coefficient (Wildman–Crippen LogP) is 4.22. The van der Waals surface area contributed by atoms with E-state index in [-0.39, 0.29) is 11.2 Å². The van der Waals surface area contributed by atoms with Crippen LogP contribution in [0.25, 0.3) is 0 Å². The number of ether oxygens (including phenoxy) is 1. The zero-order valence-electron chi connectivity index (χ0n) is 10.6. The lowest BCUT2D eigenvalue weighted by molar-refractivity contribution is -0.126.